The molecular formula is C15H13N3O3S. The van der Waals surface area contributed by atoms with Gasteiger partial charge in [0.05, 0.1) is 17.0 Å². The predicted octanol–water partition coefficient (Wildman–Crippen LogP) is 2.87. The van der Waals surface area contributed by atoms with E-state index in [9.17, 15) is 4.79 Å². The number of ether oxygens (including phenoxy) is 1. The highest BCUT2D eigenvalue weighted by Crippen LogP contribution is 2.21. The number of hydrogen-bond donors (Lipinski definition) is 0. The number of aryl methyl sites for hydroxylation is 1. The van der Waals surface area contributed by atoms with E-state index >= 15 is 0 Å². The van der Waals surface area contributed by atoms with Crippen LogP contribution in [0.25, 0.3) is 10.7 Å². The fourth-order valence-electron chi connectivity index (χ4n) is 1.78. The lowest BCUT2D eigenvalue weighted by Crippen LogP contribution is -2.06. The molecule has 0 saturated heterocycles. The number of carbonyl (C=O) groups is 1. The van der Waals surface area contributed by atoms with Crippen LogP contribution >= 0.6 is 11.3 Å². The topological polar surface area (TPSA) is 78.1 Å². The van der Waals surface area contributed by atoms with Gasteiger partial charge in [-0.3, -0.25) is 9.78 Å². The van der Waals surface area contributed by atoms with Crippen LogP contribution in [0.3, 0.4) is 0 Å². The molecule has 0 unspecified atom stereocenters. The molecule has 0 aromatic carbocycles. The van der Waals surface area contributed by atoms with Crippen LogP contribution < -0.4 is 0 Å². The summed E-state index contributed by atoms with van der Waals surface area (Å²) in [5.41, 5.74) is 0.716. The van der Waals surface area contributed by atoms with Crippen LogP contribution in [0.15, 0.2) is 46.4 Å². The highest BCUT2D eigenvalue weighted by Gasteiger charge is 2.12. The van der Waals surface area contributed by atoms with Gasteiger partial charge in [0.1, 0.15) is 6.61 Å². The van der Waals surface area contributed by atoms with Crippen molar-refractivity contribution in [1.29, 1.82) is 0 Å². The minimum Gasteiger partial charge on any atom is -0.459 e. The first-order chi connectivity index (χ1) is 10.8. The molecular weight excluding hydrogens is 302 g/mol. The Morgan fingerprint density at radius 3 is 3.00 bits per heavy atom. The highest BCUT2D eigenvalue weighted by molar-refractivity contribution is 7.13. The maximum Gasteiger partial charge on any atom is 0.306 e. The van der Waals surface area contributed by atoms with Gasteiger partial charge in [0.15, 0.2) is 0 Å². The first kappa shape index (κ1) is 14.4. The number of aromatic nitrogens is 3. The number of hydrogen-bond acceptors (Lipinski definition) is 7. The minimum absolute atomic E-state index is 0.171. The minimum atomic E-state index is -0.318. The standard InChI is InChI=1S/C15H13N3O3S/c19-14(20-10-11-4-1-2-8-16-11)7-6-13-17-15(18-21-13)12-5-3-9-22-12/h1-5,8-9H,6-7,10H2. The summed E-state index contributed by atoms with van der Waals surface area (Å²) in [5.74, 6) is 0.659. The first-order valence-corrected chi connectivity index (χ1v) is 7.61. The summed E-state index contributed by atoms with van der Waals surface area (Å²) in [7, 11) is 0. The van der Waals surface area contributed by atoms with Gasteiger partial charge >= 0.3 is 5.97 Å². The molecule has 7 heteroatoms. The normalized spacial score (nSPS) is 10.5. The Kier molecular flexibility index (Phi) is 4.55. The molecule has 112 valence electrons. The lowest BCUT2D eigenvalue weighted by Gasteiger charge is -2.02. The molecule has 0 aliphatic carbocycles. The third-order valence-electron chi connectivity index (χ3n) is 2.86. The summed E-state index contributed by atoms with van der Waals surface area (Å²) in [5, 5.41) is 5.84. The molecule has 0 radical (unpaired) electrons. The Labute approximate surface area is 130 Å². The van der Waals surface area contributed by atoms with Crippen molar-refractivity contribution in [3.8, 4) is 10.7 Å². The van der Waals surface area contributed by atoms with E-state index in [0.717, 1.165) is 4.88 Å². The van der Waals surface area contributed by atoms with E-state index in [1.807, 2.05) is 29.6 Å². The van der Waals surface area contributed by atoms with Crippen LogP contribution in [0.2, 0.25) is 0 Å². The summed E-state index contributed by atoms with van der Waals surface area (Å²) < 4.78 is 10.3. The van der Waals surface area contributed by atoms with E-state index in [1.54, 1.807) is 12.3 Å². The zero-order valence-electron chi connectivity index (χ0n) is 11.6. The van der Waals surface area contributed by atoms with Gasteiger partial charge in [-0.05, 0) is 23.6 Å². The Balaban J connectivity index is 1.47. The number of carbonyl (C=O) groups excluding carboxylic acids is 1. The molecule has 0 N–H and O–H groups in total. The van der Waals surface area contributed by atoms with Crippen molar-refractivity contribution in [1.82, 2.24) is 15.1 Å². The quantitative estimate of drug-likeness (QED) is 0.651. The Morgan fingerprint density at radius 2 is 2.23 bits per heavy atom. The van der Waals surface area contributed by atoms with E-state index in [2.05, 4.69) is 15.1 Å². The zero-order valence-corrected chi connectivity index (χ0v) is 12.5. The van der Waals surface area contributed by atoms with Crippen LogP contribution in [-0.4, -0.2) is 21.1 Å². The Morgan fingerprint density at radius 1 is 1.27 bits per heavy atom. The van der Waals surface area contributed by atoms with Crippen molar-refractivity contribution in [2.45, 2.75) is 19.4 Å². The second kappa shape index (κ2) is 6.95. The average Bonchev–Trinajstić information content (AvgIpc) is 3.22. The molecule has 0 atom stereocenters. The average molecular weight is 315 g/mol. The molecule has 3 rings (SSSR count). The second-order valence-electron chi connectivity index (χ2n) is 4.47. The largest absolute Gasteiger partial charge is 0.459 e. The van der Waals surface area contributed by atoms with E-state index in [1.165, 1.54) is 11.3 Å². The fraction of sp³-hybridized carbons (Fsp3) is 0.200. The van der Waals surface area contributed by atoms with Crippen molar-refractivity contribution >= 4 is 17.3 Å². The van der Waals surface area contributed by atoms with Crippen molar-refractivity contribution < 1.29 is 14.1 Å². The fourth-order valence-corrected chi connectivity index (χ4v) is 2.43. The summed E-state index contributed by atoms with van der Waals surface area (Å²) >= 11 is 1.54. The van der Waals surface area contributed by atoms with Gasteiger partial charge in [-0.2, -0.15) is 4.98 Å². The molecule has 0 saturated carbocycles. The van der Waals surface area contributed by atoms with Crippen LogP contribution in [0.4, 0.5) is 0 Å². The predicted molar refractivity (Wildman–Crippen MR) is 80.0 cm³/mol. The van der Waals surface area contributed by atoms with Crippen molar-refractivity contribution in [3.63, 3.8) is 0 Å². The number of nitrogens with zero attached hydrogens (tertiary/aromatic N) is 3. The first-order valence-electron chi connectivity index (χ1n) is 6.73. The van der Waals surface area contributed by atoms with Crippen molar-refractivity contribution in [2.24, 2.45) is 0 Å². The lowest BCUT2D eigenvalue weighted by atomic mass is 10.3. The molecule has 3 heterocycles. The van der Waals surface area contributed by atoms with Gasteiger partial charge in [0.2, 0.25) is 11.7 Å². The molecule has 0 spiro atoms. The van der Waals surface area contributed by atoms with Crippen LogP contribution in [-0.2, 0) is 22.6 Å². The third kappa shape index (κ3) is 3.76. The van der Waals surface area contributed by atoms with Gasteiger partial charge in [-0.15, -0.1) is 11.3 Å². The molecule has 0 aliphatic heterocycles. The lowest BCUT2D eigenvalue weighted by molar-refractivity contribution is -0.145. The molecule has 22 heavy (non-hydrogen) atoms. The molecule has 0 amide bonds. The SMILES string of the molecule is O=C(CCc1nc(-c2cccs2)no1)OCc1ccccn1. The van der Waals surface area contributed by atoms with E-state index in [4.69, 9.17) is 9.26 Å². The molecule has 0 fully saturated rings. The van der Waals surface area contributed by atoms with E-state index in [0.29, 0.717) is 23.8 Å². The summed E-state index contributed by atoms with van der Waals surface area (Å²) in [6.07, 6.45) is 2.21. The maximum atomic E-state index is 11.7. The second-order valence-corrected chi connectivity index (χ2v) is 5.42. The third-order valence-corrected chi connectivity index (χ3v) is 3.73. The number of rotatable bonds is 6. The Bertz CT molecular complexity index is 726. The molecule has 3 aromatic heterocycles. The zero-order chi connectivity index (χ0) is 15.2. The van der Waals surface area contributed by atoms with Crippen LogP contribution in [0, 0.1) is 0 Å². The van der Waals surface area contributed by atoms with Crippen LogP contribution in [0.5, 0.6) is 0 Å². The van der Waals surface area contributed by atoms with E-state index < -0.39 is 0 Å². The van der Waals surface area contributed by atoms with Gasteiger partial charge in [-0.25, -0.2) is 0 Å². The monoisotopic (exact) mass is 315 g/mol. The molecule has 3 aromatic rings. The molecule has 6 nitrogen and oxygen atoms in total. The summed E-state index contributed by atoms with van der Waals surface area (Å²) in [4.78, 5) is 21.0. The van der Waals surface area contributed by atoms with Crippen LogP contribution in [0.1, 0.15) is 18.0 Å². The summed E-state index contributed by atoms with van der Waals surface area (Å²) in [6, 6.07) is 9.30. The van der Waals surface area contributed by atoms with Gasteiger partial charge in [0.25, 0.3) is 0 Å². The number of thiophene rings is 1. The van der Waals surface area contributed by atoms with Gasteiger partial charge in [0, 0.05) is 12.6 Å². The van der Waals surface area contributed by atoms with Gasteiger partial charge in [-0.1, -0.05) is 17.3 Å². The highest BCUT2D eigenvalue weighted by atomic mass is 32.1. The summed E-state index contributed by atoms with van der Waals surface area (Å²) in [6.45, 7) is 0.171. The Hall–Kier alpha value is -2.54. The molecule has 0 aliphatic rings. The van der Waals surface area contributed by atoms with E-state index in [-0.39, 0.29) is 19.0 Å². The number of esters is 1. The smallest absolute Gasteiger partial charge is 0.306 e. The van der Waals surface area contributed by atoms with Crippen molar-refractivity contribution in [3.05, 3.63) is 53.5 Å². The van der Waals surface area contributed by atoms with Gasteiger partial charge < -0.3 is 9.26 Å². The molecule has 0 bridgehead atoms. The van der Waals surface area contributed by atoms with Crippen molar-refractivity contribution in [2.75, 3.05) is 0 Å². The number of pyridine rings is 1. The maximum absolute atomic E-state index is 11.7.